The number of rotatable bonds is 3. The van der Waals surface area contributed by atoms with Crippen LogP contribution >= 0.6 is 0 Å². The van der Waals surface area contributed by atoms with E-state index in [9.17, 15) is 14.9 Å². The normalized spacial score (nSPS) is 26.7. The quantitative estimate of drug-likeness (QED) is 0.650. The SMILES string of the molecule is CNC(=O)c1ccc(N2CC3CCCC(N)C3C2)c([N+](=O)[O-])c1. The van der Waals surface area contributed by atoms with Crippen LogP contribution in [0.4, 0.5) is 11.4 Å². The van der Waals surface area contributed by atoms with Crippen molar-refractivity contribution in [3.63, 3.8) is 0 Å². The highest BCUT2D eigenvalue weighted by Gasteiger charge is 2.40. The summed E-state index contributed by atoms with van der Waals surface area (Å²) in [5, 5.41) is 13.9. The zero-order valence-electron chi connectivity index (χ0n) is 13.2. The second kappa shape index (κ2) is 6.16. The molecule has 1 aromatic carbocycles. The number of hydrogen-bond acceptors (Lipinski definition) is 5. The molecule has 1 amide bonds. The van der Waals surface area contributed by atoms with Crippen molar-refractivity contribution < 1.29 is 9.72 Å². The minimum absolute atomic E-state index is 0.0154. The highest BCUT2D eigenvalue weighted by Crippen LogP contribution is 2.40. The summed E-state index contributed by atoms with van der Waals surface area (Å²) in [6, 6.07) is 4.87. The Bertz CT molecular complexity index is 634. The van der Waals surface area contributed by atoms with Gasteiger partial charge in [0.1, 0.15) is 5.69 Å². The summed E-state index contributed by atoms with van der Waals surface area (Å²) >= 11 is 0. The fourth-order valence-corrected chi connectivity index (χ4v) is 3.94. The molecule has 0 radical (unpaired) electrons. The lowest BCUT2D eigenvalue weighted by molar-refractivity contribution is -0.384. The molecule has 1 aliphatic carbocycles. The molecule has 1 aromatic rings. The number of nitrogens with zero attached hydrogens (tertiary/aromatic N) is 2. The molecule has 7 nitrogen and oxygen atoms in total. The molecule has 0 aromatic heterocycles. The Morgan fingerprint density at radius 1 is 1.39 bits per heavy atom. The maximum Gasteiger partial charge on any atom is 0.293 e. The zero-order valence-corrected chi connectivity index (χ0v) is 13.2. The predicted molar refractivity (Wildman–Crippen MR) is 87.5 cm³/mol. The number of nitrogens with two attached hydrogens (primary N) is 1. The lowest BCUT2D eigenvalue weighted by Gasteiger charge is -2.29. The van der Waals surface area contributed by atoms with Crippen molar-refractivity contribution in [3.05, 3.63) is 33.9 Å². The van der Waals surface area contributed by atoms with Crippen LogP contribution in [-0.2, 0) is 0 Å². The summed E-state index contributed by atoms with van der Waals surface area (Å²) in [6.07, 6.45) is 3.31. The first-order valence-electron chi connectivity index (χ1n) is 8.02. The van der Waals surface area contributed by atoms with Crippen LogP contribution in [-0.4, -0.2) is 37.0 Å². The lowest BCUT2D eigenvalue weighted by Crippen LogP contribution is -2.38. The number of carbonyl (C=O) groups excluding carboxylic acids is 1. The van der Waals surface area contributed by atoms with Crippen molar-refractivity contribution in [2.24, 2.45) is 17.6 Å². The molecule has 7 heteroatoms. The highest BCUT2D eigenvalue weighted by atomic mass is 16.6. The molecule has 1 saturated heterocycles. The number of nitro benzene ring substituents is 1. The molecule has 3 N–H and O–H groups in total. The Labute approximate surface area is 135 Å². The first kappa shape index (κ1) is 15.7. The zero-order chi connectivity index (χ0) is 16.6. The highest BCUT2D eigenvalue weighted by molar-refractivity contribution is 5.95. The molecule has 1 aliphatic heterocycles. The maximum atomic E-state index is 11.7. The molecule has 3 rings (SSSR count). The summed E-state index contributed by atoms with van der Waals surface area (Å²) < 4.78 is 0. The van der Waals surface area contributed by atoms with E-state index in [2.05, 4.69) is 10.2 Å². The molecule has 3 atom stereocenters. The Hall–Kier alpha value is -2.15. The van der Waals surface area contributed by atoms with E-state index in [1.807, 2.05) is 0 Å². The van der Waals surface area contributed by atoms with E-state index in [1.165, 1.54) is 13.1 Å². The van der Waals surface area contributed by atoms with Crippen molar-refractivity contribution in [1.29, 1.82) is 0 Å². The molecule has 3 unspecified atom stereocenters. The molecule has 2 aliphatic rings. The minimum atomic E-state index is -0.413. The van der Waals surface area contributed by atoms with Gasteiger partial charge in [-0.15, -0.1) is 0 Å². The second-order valence-electron chi connectivity index (χ2n) is 6.46. The van der Waals surface area contributed by atoms with Gasteiger partial charge in [0.25, 0.3) is 11.6 Å². The average Bonchev–Trinajstić information content (AvgIpc) is 2.99. The van der Waals surface area contributed by atoms with E-state index in [1.54, 1.807) is 12.1 Å². The summed E-state index contributed by atoms with van der Waals surface area (Å²) in [6.45, 7) is 1.56. The van der Waals surface area contributed by atoms with Gasteiger partial charge in [0.05, 0.1) is 4.92 Å². The average molecular weight is 318 g/mol. The maximum absolute atomic E-state index is 11.7. The first-order valence-corrected chi connectivity index (χ1v) is 8.02. The van der Waals surface area contributed by atoms with Crippen LogP contribution in [0.5, 0.6) is 0 Å². The van der Waals surface area contributed by atoms with Crippen LogP contribution in [0.3, 0.4) is 0 Å². The topological polar surface area (TPSA) is 102 Å². The van der Waals surface area contributed by atoms with Crippen LogP contribution in [0.1, 0.15) is 29.6 Å². The standard InChI is InChI=1S/C16H22N4O3/c1-18-16(21)10-5-6-14(15(7-10)20(22)23)19-8-11-3-2-4-13(17)12(11)9-19/h5-7,11-13H,2-4,8-9,17H2,1H3,(H,18,21). The molecule has 23 heavy (non-hydrogen) atoms. The molecule has 124 valence electrons. The summed E-state index contributed by atoms with van der Waals surface area (Å²) in [7, 11) is 1.51. The Balaban J connectivity index is 1.90. The molecule has 0 bridgehead atoms. The predicted octanol–water partition coefficient (Wildman–Crippen LogP) is 1.52. The number of carbonyl (C=O) groups is 1. The fraction of sp³-hybridized carbons (Fsp3) is 0.562. The smallest absolute Gasteiger partial charge is 0.293 e. The van der Waals surface area contributed by atoms with E-state index >= 15 is 0 Å². The molecule has 1 heterocycles. The molecular formula is C16H22N4O3. The minimum Gasteiger partial charge on any atom is -0.365 e. The van der Waals surface area contributed by atoms with Gasteiger partial charge in [0.2, 0.25) is 0 Å². The van der Waals surface area contributed by atoms with Crippen LogP contribution in [0.25, 0.3) is 0 Å². The molecule has 0 spiro atoms. The van der Waals surface area contributed by atoms with Gasteiger partial charge in [-0.2, -0.15) is 0 Å². The molecule has 1 saturated carbocycles. The fourth-order valence-electron chi connectivity index (χ4n) is 3.94. The lowest BCUT2D eigenvalue weighted by atomic mass is 9.78. The summed E-state index contributed by atoms with van der Waals surface area (Å²) in [5.74, 6) is 0.593. The third-order valence-electron chi connectivity index (χ3n) is 5.16. The third-order valence-corrected chi connectivity index (χ3v) is 5.16. The van der Waals surface area contributed by atoms with E-state index in [0.717, 1.165) is 32.4 Å². The van der Waals surface area contributed by atoms with Crippen molar-refractivity contribution in [2.75, 3.05) is 25.0 Å². The van der Waals surface area contributed by atoms with E-state index in [-0.39, 0.29) is 17.6 Å². The largest absolute Gasteiger partial charge is 0.365 e. The van der Waals surface area contributed by atoms with Gasteiger partial charge in [-0.3, -0.25) is 14.9 Å². The number of benzene rings is 1. The summed E-state index contributed by atoms with van der Waals surface area (Å²) in [4.78, 5) is 24.8. The number of hydrogen-bond donors (Lipinski definition) is 2. The number of nitrogens with one attached hydrogen (secondary N) is 1. The Kier molecular flexibility index (Phi) is 4.21. The van der Waals surface area contributed by atoms with Gasteiger partial charge >= 0.3 is 0 Å². The number of nitro groups is 1. The molecular weight excluding hydrogens is 296 g/mol. The van der Waals surface area contributed by atoms with E-state index in [4.69, 9.17) is 5.73 Å². The van der Waals surface area contributed by atoms with Gasteiger partial charge in [0, 0.05) is 37.8 Å². The third kappa shape index (κ3) is 2.88. The van der Waals surface area contributed by atoms with Crippen LogP contribution < -0.4 is 16.0 Å². The van der Waals surface area contributed by atoms with Gasteiger partial charge in [-0.05, 0) is 36.8 Å². The van der Waals surface area contributed by atoms with E-state index < -0.39 is 4.92 Å². The van der Waals surface area contributed by atoms with Crippen molar-refractivity contribution in [3.8, 4) is 0 Å². The summed E-state index contributed by atoms with van der Waals surface area (Å²) in [5.41, 5.74) is 7.10. The second-order valence-corrected chi connectivity index (χ2v) is 6.46. The van der Waals surface area contributed by atoms with Crippen LogP contribution in [0.15, 0.2) is 18.2 Å². The van der Waals surface area contributed by atoms with Crippen LogP contribution in [0.2, 0.25) is 0 Å². The Morgan fingerprint density at radius 3 is 2.83 bits per heavy atom. The van der Waals surface area contributed by atoms with Gasteiger partial charge in [-0.25, -0.2) is 0 Å². The Morgan fingerprint density at radius 2 is 2.17 bits per heavy atom. The first-order chi connectivity index (χ1) is 11.0. The van der Waals surface area contributed by atoms with Crippen molar-refractivity contribution >= 4 is 17.3 Å². The number of fused-ring (bicyclic) bond motifs is 1. The van der Waals surface area contributed by atoms with Crippen LogP contribution in [0, 0.1) is 22.0 Å². The van der Waals surface area contributed by atoms with Gasteiger partial charge in [0.15, 0.2) is 0 Å². The van der Waals surface area contributed by atoms with E-state index in [0.29, 0.717) is 23.1 Å². The number of anilines is 1. The van der Waals surface area contributed by atoms with Gasteiger partial charge < -0.3 is 16.0 Å². The molecule has 2 fully saturated rings. The van der Waals surface area contributed by atoms with Gasteiger partial charge in [-0.1, -0.05) is 6.42 Å². The monoisotopic (exact) mass is 318 g/mol. The van der Waals surface area contributed by atoms with Crippen molar-refractivity contribution in [2.45, 2.75) is 25.3 Å². The number of amides is 1. The van der Waals surface area contributed by atoms with Crippen molar-refractivity contribution in [1.82, 2.24) is 5.32 Å².